The number of ether oxygens (including phenoxy) is 3. The van der Waals surface area contributed by atoms with Crippen molar-refractivity contribution in [3.05, 3.63) is 51.6 Å². The van der Waals surface area contributed by atoms with Crippen molar-refractivity contribution in [3.8, 4) is 17.2 Å². The van der Waals surface area contributed by atoms with Crippen molar-refractivity contribution < 1.29 is 37.0 Å². The van der Waals surface area contributed by atoms with Crippen molar-refractivity contribution in [2.45, 2.75) is 145 Å². The van der Waals surface area contributed by atoms with Gasteiger partial charge in [0.1, 0.15) is 28.4 Å². The zero-order valence-corrected chi connectivity index (χ0v) is 29.9. The molecule has 1 heterocycles. The zero-order chi connectivity index (χ0) is 35.1. The van der Waals surface area contributed by atoms with Crippen LogP contribution < -0.4 is 14.2 Å². The second-order valence-corrected chi connectivity index (χ2v) is 14.6. The van der Waals surface area contributed by atoms with Crippen molar-refractivity contribution in [2.24, 2.45) is 17.8 Å². The van der Waals surface area contributed by atoms with E-state index in [1.54, 1.807) is 0 Å². The summed E-state index contributed by atoms with van der Waals surface area (Å²) in [6.07, 6.45) is 8.02. The monoisotopic (exact) mass is 660 g/mol. The van der Waals surface area contributed by atoms with Crippen LogP contribution in [0.15, 0.2) is 18.2 Å². The SMILES string of the molecule is CC(=O)Oc1cc(C(F)(F)F)ccc1C(=O)Oc1c(C)c(C)c2c(c1C)CCC(C)(CCCC(C)CCCC(C)CCCC(C)C)O2. The van der Waals surface area contributed by atoms with Gasteiger partial charge in [-0.1, -0.05) is 72.6 Å². The molecule has 0 saturated heterocycles. The molecule has 0 saturated carbocycles. The van der Waals surface area contributed by atoms with Crippen molar-refractivity contribution >= 4 is 11.9 Å². The molecule has 3 unspecified atom stereocenters. The van der Waals surface area contributed by atoms with Crippen LogP contribution in [0.5, 0.6) is 17.2 Å². The number of alkyl halides is 3. The van der Waals surface area contributed by atoms with Crippen molar-refractivity contribution in [3.63, 3.8) is 0 Å². The highest BCUT2D eigenvalue weighted by Crippen LogP contribution is 2.45. The highest BCUT2D eigenvalue weighted by atomic mass is 19.4. The first-order valence-corrected chi connectivity index (χ1v) is 17.3. The van der Waals surface area contributed by atoms with Gasteiger partial charge in [-0.05, 0) is 106 Å². The molecule has 5 nitrogen and oxygen atoms in total. The van der Waals surface area contributed by atoms with Crippen LogP contribution in [-0.4, -0.2) is 17.5 Å². The first-order valence-electron chi connectivity index (χ1n) is 17.3. The molecule has 0 N–H and O–H groups in total. The third kappa shape index (κ3) is 10.7. The maximum absolute atomic E-state index is 13.3. The number of carbonyl (C=O) groups is 2. The highest BCUT2D eigenvalue weighted by molar-refractivity contribution is 5.95. The number of carbonyl (C=O) groups excluding carboxylic acids is 2. The number of hydrogen-bond donors (Lipinski definition) is 0. The summed E-state index contributed by atoms with van der Waals surface area (Å²) in [5, 5.41) is 0. The van der Waals surface area contributed by atoms with Crippen molar-refractivity contribution in [2.75, 3.05) is 0 Å². The third-order valence-corrected chi connectivity index (χ3v) is 9.82. The van der Waals surface area contributed by atoms with Crippen LogP contribution in [0.1, 0.15) is 144 Å². The molecule has 1 aliphatic rings. The summed E-state index contributed by atoms with van der Waals surface area (Å²) in [5.74, 6) is 1.20. The fraction of sp³-hybridized carbons (Fsp3) is 0.641. The van der Waals surface area contributed by atoms with E-state index >= 15 is 0 Å². The molecule has 1 aliphatic heterocycles. The average molecular weight is 661 g/mol. The minimum atomic E-state index is -4.67. The van der Waals surface area contributed by atoms with E-state index in [2.05, 4.69) is 34.6 Å². The molecular weight excluding hydrogens is 605 g/mol. The van der Waals surface area contributed by atoms with Gasteiger partial charge in [0.15, 0.2) is 0 Å². The second-order valence-electron chi connectivity index (χ2n) is 14.6. The van der Waals surface area contributed by atoms with Crippen LogP contribution in [0.4, 0.5) is 13.2 Å². The first-order chi connectivity index (χ1) is 21.9. The largest absolute Gasteiger partial charge is 0.487 e. The van der Waals surface area contributed by atoms with Crippen molar-refractivity contribution in [1.29, 1.82) is 0 Å². The van der Waals surface area contributed by atoms with E-state index in [-0.39, 0.29) is 11.2 Å². The molecule has 8 heteroatoms. The van der Waals surface area contributed by atoms with Gasteiger partial charge >= 0.3 is 18.1 Å². The molecule has 0 fully saturated rings. The van der Waals surface area contributed by atoms with Crippen LogP contribution in [0.3, 0.4) is 0 Å². The van der Waals surface area contributed by atoms with Crippen LogP contribution in [-0.2, 0) is 17.4 Å². The van der Waals surface area contributed by atoms with Gasteiger partial charge in [0.2, 0.25) is 0 Å². The Bertz CT molecular complexity index is 1400. The summed E-state index contributed by atoms with van der Waals surface area (Å²) in [6, 6.07) is 2.39. The average Bonchev–Trinajstić information content (AvgIpc) is 2.97. The van der Waals surface area contributed by atoms with Crippen LogP contribution >= 0.6 is 0 Å². The van der Waals surface area contributed by atoms with E-state index in [1.165, 1.54) is 44.9 Å². The number of esters is 2. The number of halogens is 3. The Hall–Kier alpha value is -3.03. The number of hydrogen-bond acceptors (Lipinski definition) is 5. The molecule has 0 radical (unpaired) electrons. The predicted octanol–water partition coefficient (Wildman–Crippen LogP) is 11.3. The summed E-state index contributed by atoms with van der Waals surface area (Å²) < 4.78 is 57.4. The van der Waals surface area contributed by atoms with Crippen LogP contribution in [0, 0.1) is 38.5 Å². The third-order valence-electron chi connectivity index (χ3n) is 9.82. The molecule has 0 aliphatic carbocycles. The summed E-state index contributed by atoms with van der Waals surface area (Å²) in [6.45, 7) is 18.2. The molecule has 0 aromatic heterocycles. The Morgan fingerprint density at radius 2 is 1.47 bits per heavy atom. The molecular formula is C39H55F3O5. The van der Waals surface area contributed by atoms with Crippen molar-refractivity contribution in [1.82, 2.24) is 0 Å². The summed E-state index contributed by atoms with van der Waals surface area (Å²) in [5.41, 5.74) is 1.71. The summed E-state index contributed by atoms with van der Waals surface area (Å²) >= 11 is 0. The molecule has 3 atom stereocenters. The van der Waals surface area contributed by atoms with Gasteiger partial charge in [-0.25, -0.2) is 4.79 Å². The first kappa shape index (κ1) is 38.4. The minimum Gasteiger partial charge on any atom is -0.487 e. The maximum atomic E-state index is 13.3. The van der Waals surface area contributed by atoms with Gasteiger partial charge < -0.3 is 14.2 Å². The lowest BCUT2D eigenvalue weighted by molar-refractivity contribution is -0.138. The van der Waals surface area contributed by atoms with Crippen LogP contribution in [0.25, 0.3) is 0 Å². The highest BCUT2D eigenvalue weighted by Gasteiger charge is 2.36. The smallest absolute Gasteiger partial charge is 0.416 e. The molecule has 2 aromatic carbocycles. The predicted molar refractivity (Wildman–Crippen MR) is 180 cm³/mol. The van der Waals surface area contributed by atoms with E-state index in [0.717, 1.165) is 79.0 Å². The standard InChI is InChI=1S/C39H55F3O5/c1-24(2)13-10-14-25(3)15-11-16-26(4)17-12-21-38(9)22-20-32-29(7)35(27(5)28(6)36(32)47-38)46-37(44)33-19-18-31(39(40,41)42)23-34(33)45-30(8)43/h18-19,23-26H,10-17,20-22H2,1-9H3. The lowest BCUT2D eigenvalue weighted by Gasteiger charge is -2.38. The molecule has 47 heavy (non-hydrogen) atoms. The van der Waals surface area contributed by atoms with E-state index in [0.29, 0.717) is 23.3 Å². The number of rotatable bonds is 15. The summed E-state index contributed by atoms with van der Waals surface area (Å²) in [4.78, 5) is 24.9. The van der Waals surface area contributed by atoms with Crippen LogP contribution in [0.2, 0.25) is 0 Å². The second kappa shape index (κ2) is 16.4. The topological polar surface area (TPSA) is 61.8 Å². The molecule has 2 aromatic rings. The maximum Gasteiger partial charge on any atom is 0.416 e. The molecule has 0 amide bonds. The van der Waals surface area contributed by atoms with E-state index in [1.807, 2.05) is 20.8 Å². The minimum absolute atomic E-state index is 0.267. The number of benzene rings is 2. The fourth-order valence-corrected chi connectivity index (χ4v) is 6.67. The Morgan fingerprint density at radius 3 is 2.04 bits per heavy atom. The van der Waals surface area contributed by atoms with Gasteiger partial charge in [0.25, 0.3) is 0 Å². The fourth-order valence-electron chi connectivity index (χ4n) is 6.67. The zero-order valence-electron chi connectivity index (χ0n) is 29.9. The molecule has 262 valence electrons. The van der Waals surface area contributed by atoms with E-state index in [9.17, 15) is 22.8 Å². The molecule has 3 rings (SSSR count). The number of fused-ring (bicyclic) bond motifs is 1. The van der Waals surface area contributed by atoms with Gasteiger partial charge in [-0.2, -0.15) is 13.2 Å². The van der Waals surface area contributed by atoms with Gasteiger partial charge in [0.05, 0.1) is 5.56 Å². The van der Waals surface area contributed by atoms with E-state index < -0.39 is 29.4 Å². The van der Waals surface area contributed by atoms with Gasteiger partial charge in [-0.15, -0.1) is 0 Å². The lowest BCUT2D eigenvalue weighted by atomic mass is 9.83. The van der Waals surface area contributed by atoms with Gasteiger partial charge in [0, 0.05) is 12.5 Å². The Labute approximate surface area is 279 Å². The Morgan fingerprint density at radius 1 is 0.872 bits per heavy atom. The lowest BCUT2D eigenvalue weighted by Crippen LogP contribution is -2.37. The molecule has 0 bridgehead atoms. The van der Waals surface area contributed by atoms with Gasteiger partial charge in [-0.3, -0.25) is 4.79 Å². The quantitative estimate of drug-likeness (QED) is 0.141. The molecule has 0 spiro atoms. The Kier molecular flexibility index (Phi) is 13.4. The normalized spacial score (nSPS) is 17.6. The Balaban J connectivity index is 1.64. The summed E-state index contributed by atoms with van der Waals surface area (Å²) in [7, 11) is 0. The van der Waals surface area contributed by atoms with E-state index in [4.69, 9.17) is 14.2 Å².